The number of fused-ring (bicyclic) bond motifs is 3. The Hall–Kier alpha value is -4.33. The van der Waals surface area contributed by atoms with Crippen LogP contribution in [0.25, 0.3) is 11.1 Å². The Morgan fingerprint density at radius 3 is 2.05 bits per heavy atom. The number of amides is 2. The van der Waals surface area contributed by atoms with E-state index in [0.29, 0.717) is 19.4 Å². The van der Waals surface area contributed by atoms with Crippen LogP contribution in [0.4, 0.5) is 9.59 Å². The maximum Gasteiger partial charge on any atom is 0.408 e. The third-order valence-electron chi connectivity index (χ3n) is 6.34. The van der Waals surface area contributed by atoms with E-state index >= 15 is 0 Å². The van der Waals surface area contributed by atoms with E-state index < -0.39 is 24.2 Å². The molecule has 4 rings (SSSR count). The molecule has 8 heteroatoms. The summed E-state index contributed by atoms with van der Waals surface area (Å²) in [4.78, 5) is 35.7. The lowest BCUT2D eigenvalue weighted by atomic mass is 9.98. The summed E-state index contributed by atoms with van der Waals surface area (Å²) in [7, 11) is 0. The first-order valence-corrected chi connectivity index (χ1v) is 12.3. The number of carboxylic acid groups (broad SMARTS) is 1. The van der Waals surface area contributed by atoms with Crippen molar-refractivity contribution in [1.29, 1.82) is 0 Å². The van der Waals surface area contributed by atoms with Crippen molar-refractivity contribution in [3.8, 4) is 11.1 Å². The molecule has 192 valence electrons. The van der Waals surface area contributed by atoms with Crippen LogP contribution < -0.4 is 10.6 Å². The summed E-state index contributed by atoms with van der Waals surface area (Å²) in [6.07, 6.45) is -0.0662. The number of hydrogen-bond donors (Lipinski definition) is 3. The number of carbonyl (C=O) groups is 3. The van der Waals surface area contributed by atoms with Crippen LogP contribution >= 0.6 is 0 Å². The lowest BCUT2D eigenvalue weighted by Crippen LogP contribution is -2.41. The Morgan fingerprint density at radius 1 is 0.784 bits per heavy atom. The summed E-state index contributed by atoms with van der Waals surface area (Å²) < 4.78 is 10.6. The molecule has 3 N–H and O–H groups in total. The van der Waals surface area contributed by atoms with E-state index in [0.717, 1.165) is 27.8 Å². The van der Waals surface area contributed by atoms with Crippen molar-refractivity contribution < 1.29 is 29.0 Å². The normalized spacial score (nSPS) is 12.6. The number of carbonyl (C=O) groups excluding carboxylic acids is 2. The average Bonchev–Trinajstić information content (AvgIpc) is 3.24. The molecule has 1 atom stereocenters. The van der Waals surface area contributed by atoms with Crippen LogP contribution in [0.1, 0.15) is 41.9 Å². The number of rotatable bonds is 11. The number of unbranched alkanes of at least 4 members (excludes halogenated alkanes) is 1. The molecule has 0 fully saturated rings. The fraction of sp³-hybridized carbons (Fsp3) is 0.276. The second-order valence-electron chi connectivity index (χ2n) is 8.84. The standard InChI is InChI=1S/C29H30N2O6/c32-27(33)26(31-29(35)36-18-20-10-2-1-3-11-20)16-8-9-17-30-28(34)37-19-25-23-14-6-4-12-21(23)22-13-5-7-15-24(22)25/h1-7,10-15,25-26H,8-9,16-19H2,(H,30,34)(H,31,35)(H,32,33)/t26-/m0/s1. The van der Waals surface area contributed by atoms with Crippen molar-refractivity contribution in [1.82, 2.24) is 10.6 Å². The van der Waals surface area contributed by atoms with Gasteiger partial charge in [0.15, 0.2) is 0 Å². The minimum Gasteiger partial charge on any atom is -0.480 e. The third-order valence-corrected chi connectivity index (χ3v) is 6.34. The number of nitrogens with one attached hydrogen (secondary N) is 2. The van der Waals surface area contributed by atoms with Crippen molar-refractivity contribution in [3.63, 3.8) is 0 Å². The molecule has 0 spiro atoms. The molecule has 0 aromatic heterocycles. The minimum atomic E-state index is -1.14. The van der Waals surface area contributed by atoms with Crippen LogP contribution in [0.2, 0.25) is 0 Å². The van der Waals surface area contributed by atoms with Crippen molar-refractivity contribution in [2.24, 2.45) is 0 Å². The number of benzene rings is 3. The van der Waals surface area contributed by atoms with Crippen LogP contribution in [0.15, 0.2) is 78.9 Å². The summed E-state index contributed by atoms with van der Waals surface area (Å²) in [5, 5.41) is 14.5. The predicted molar refractivity (Wildman–Crippen MR) is 138 cm³/mol. The monoisotopic (exact) mass is 502 g/mol. The Morgan fingerprint density at radius 2 is 1.41 bits per heavy atom. The van der Waals surface area contributed by atoms with Gasteiger partial charge in [-0.25, -0.2) is 14.4 Å². The van der Waals surface area contributed by atoms with Crippen LogP contribution in [0.3, 0.4) is 0 Å². The zero-order valence-electron chi connectivity index (χ0n) is 20.4. The minimum absolute atomic E-state index is 0.0119. The van der Waals surface area contributed by atoms with Gasteiger partial charge >= 0.3 is 18.2 Å². The Labute approximate surface area is 215 Å². The van der Waals surface area contributed by atoms with Gasteiger partial charge in [-0.1, -0.05) is 78.9 Å². The van der Waals surface area contributed by atoms with Crippen molar-refractivity contribution in [3.05, 3.63) is 95.6 Å². The molecule has 0 bridgehead atoms. The molecule has 37 heavy (non-hydrogen) atoms. The molecule has 0 heterocycles. The second kappa shape index (κ2) is 12.6. The van der Waals surface area contributed by atoms with Gasteiger partial charge in [-0.15, -0.1) is 0 Å². The zero-order chi connectivity index (χ0) is 26.0. The lowest BCUT2D eigenvalue weighted by Gasteiger charge is -2.15. The van der Waals surface area contributed by atoms with Gasteiger partial charge in [-0.2, -0.15) is 0 Å². The highest BCUT2D eigenvalue weighted by Crippen LogP contribution is 2.44. The predicted octanol–water partition coefficient (Wildman–Crippen LogP) is 5.08. The summed E-state index contributed by atoms with van der Waals surface area (Å²) in [5.74, 6) is -1.15. The summed E-state index contributed by atoms with van der Waals surface area (Å²) in [6, 6.07) is 24.3. The highest BCUT2D eigenvalue weighted by Gasteiger charge is 2.29. The molecule has 3 aromatic rings. The van der Waals surface area contributed by atoms with Crippen LogP contribution in [0, 0.1) is 0 Å². The molecule has 0 aliphatic heterocycles. The smallest absolute Gasteiger partial charge is 0.408 e. The average molecular weight is 503 g/mol. The van der Waals surface area contributed by atoms with Gasteiger partial charge < -0.3 is 25.2 Å². The number of carboxylic acids is 1. The topological polar surface area (TPSA) is 114 Å². The third kappa shape index (κ3) is 6.88. The molecular formula is C29H30N2O6. The summed E-state index contributed by atoms with van der Waals surface area (Å²) >= 11 is 0. The van der Waals surface area contributed by atoms with E-state index in [2.05, 4.69) is 34.9 Å². The molecule has 1 aliphatic rings. The van der Waals surface area contributed by atoms with Gasteiger partial charge in [0.2, 0.25) is 0 Å². The van der Waals surface area contributed by atoms with Crippen LogP contribution in [-0.2, 0) is 20.9 Å². The zero-order valence-corrected chi connectivity index (χ0v) is 20.4. The van der Waals surface area contributed by atoms with E-state index in [1.165, 1.54) is 0 Å². The quantitative estimate of drug-likeness (QED) is 0.315. The van der Waals surface area contributed by atoms with E-state index in [9.17, 15) is 19.5 Å². The lowest BCUT2D eigenvalue weighted by molar-refractivity contribution is -0.139. The van der Waals surface area contributed by atoms with E-state index in [4.69, 9.17) is 9.47 Å². The number of alkyl carbamates (subject to hydrolysis) is 2. The molecule has 1 aliphatic carbocycles. The first kappa shape index (κ1) is 25.8. The van der Waals surface area contributed by atoms with Crippen LogP contribution in [-0.4, -0.2) is 42.5 Å². The first-order valence-electron chi connectivity index (χ1n) is 12.3. The molecule has 3 aromatic carbocycles. The van der Waals surface area contributed by atoms with E-state index in [1.54, 1.807) is 0 Å². The van der Waals surface area contributed by atoms with Crippen molar-refractivity contribution in [2.75, 3.05) is 13.2 Å². The van der Waals surface area contributed by atoms with Crippen molar-refractivity contribution in [2.45, 2.75) is 37.8 Å². The summed E-state index contributed by atoms with van der Waals surface area (Å²) in [6.45, 7) is 0.625. The maximum atomic E-state index is 12.3. The highest BCUT2D eigenvalue weighted by atomic mass is 16.6. The molecule has 2 amide bonds. The largest absolute Gasteiger partial charge is 0.480 e. The first-order chi connectivity index (χ1) is 18.0. The van der Waals surface area contributed by atoms with Gasteiger partial charge in [0.25, 0.3) is 0 Å². The van der Waals surface area contributed by atoms with Gasteiger partial charge in [-0.05, 0) is 47.1 Å². The van der Waals surface area contributed by atoms with Crippen molar-refractivity contribution >= 4 is 18.2 Å². The fourth-order valence-corrected chi connectivity index (χ4v) is 4.48. The van der Waals surface area contributed by atoms with Gasteiger partial charge in [0, 0.05) is 12.5 Å². The molecule has 0 radical (unpaired) electrons. The number of hydrogen-bond acceptors (Lipinski definition) is 5. The molecule has 0 saturated carbocycles. The fourth-order valence-electron chi connectivity index (χ4n) is 4.48. The molecule has 0 unspecified atom stereocenters. The van der Waals surface area contributed by atoms with E-state index in [-0.39, 0.29) is 25.6 Å². The molecular weight excluding hydrogens is 472 g/mol. The number of aliphatic carboxylic acids is 1. The maximum absolute atomic E-state index is 12.3. The summed E-state index contributed by atoms with van der Waals surface area (Å²) in [5.41, 5.74) is 5.43. The molecule has 8 nitrogen and oxygen atoms in total. The number of ether oxygens (including phenoxy) is 2. The van der Waals surface area contributed by atoms with Gasteiger partial charge in [0.1, 0.15) is 19.3 Å². The van der Waals surface area contributed by atoms with Crippen LogP contribution in [0.5, 0.6) is 0 Å². The Balaban J connectivity index is 1.15. The second-order valence-corrected chi connectivity index (χ2v) is 8.84. The SMILES string of the molecule is O=C(NCCCC[C@H](NC(=O)OCc1ccccc1)C(=O)O)OCC1c2ccccc2-c2ccccc21. The van der Waals surface area contributed by atoms with Gasteiger partial charge in [0.05, 0.1) is 0 Å². The Bertz CT molecular complexity index is 1180. The molecule has 0 saturated heterocycles. The van der Waals surface area contributed by atoms with Gasteiger partial charge in [-0.3, -0.25) is 0 Å². The highest BCUT2D eigenvalue weighted by molar-refractivity contribution is 5.80. The van der Waals surface area contributed by atoms with E-state index in [1.807, 2.05) is 54.6 Å². The Kier molecular flexibility index (Phi) is 8.75.